The number of piperidine rings is 1. The number of nitrogens with one attached hydrogen (secondary N) is 2. The number of carbonyl (C=O) groups excluding carboxylic acids is 1. The van der Waals surface area contributed by atoms with Crippen LogP contribution in [0.3, 0.4) is 0 Å². The van der Waals surface area contributed by atoms with Gasteiger partial charge in [-0.1, -0.05) is 0 Å². The minimum absolute atomic E-state index is 0.0713. The third kappa shape index (κ3) is 3.68. The quantitative estimate of drug-likeness (QED) is 0.582. The van der Waals surface area contributed by atoms with E-state index < -0.39 is 0 Å². The molecule has 0 saturated carbocycles. The average Bonchev–Trinajstić information content (AvgIpc) is 2.09. The zero-order valence-corrected chi connectivity index (χ0v) is 8.05. The fraction of sp³-hybridized carbons (Fsp3) is 0.875. The van der Waals surface area contributed by atoms with E-state index in [1.807, 2.05) is 6.92 Å². The Morgan fingerprint density at radius 2 is 2.15 bits per heavy atom. The first kappa shape index (κ1) is 10.4. The molecule has 2 radical (unpaired) electrons. The summed E-state index contributed by atoms with van der Waals surface area (Å²) < 4.78 is 0. The summed E-state index contributed by atoms with van der Waals surface area (Å²) in [5.41, 5.74) is 0. The van der Waals surface area contributed by atoms with Crippen LogP contribution in [0.25, 0.3) is 0 Å². The van der Waals surface area contributed by atoms with Crippen LogP contribution < -0.4 is 10.6 Å². The molecule has 2 amide bonds. The number of carbonyl (C=O) groups is 1. The second-order valence-electron chi connectivity index (χ2n) is 3.31. The predicted molar refractivity (Wildman–Crippen MR) is 52.6 cm³/mol. The number of amides is 2. The van der Waals surface area contributed by atoms with Crippen molar-refractivity contribution >= 4 is 14.0 Å². The minimum atomic E-state index is -0.0713. The molecule has 1 aliphatic rings. The molecule has 0 aliphatic carbocycles. The number of rotatable bonds is 2. The summed E-state index contributed by atoms with van der Waals surface area (Å²) in [6.45, 7) is 4.29. The van der Waals surface area contributed by atoms with Gasteiger partial charge in [-0.15, -0.1) is 0 Å². The summed E-state index contributed by atoms with van der Waals surface area (Å²) >= 11 is 0. The van der Waals surface area contributed by atoms with Gasteiger partial charge in [-0.25, -0.2) is 4.79 Å². The van der Waals surface area contributed by atoms with Crippen LogP contribution in [0, 0.1) is 0 Å². The van der Waals surface area contributed by atoms with Crippen LogP contribution in [-0.2, 0) is 0 Å². The van der Waals surface area contributed by atoms with Crippen molar-refractivity contribution in [2.24, 2.45) is 0 Å². The van der Waals surface area contributed by atoms with Crippen LogP contribution in [0.15, 0.2) is 0 Å². The Morgan fingerprint density at radius 3 is 2.69 bits per heavy atom. The van der Waals surface area contributed by atoms with E-state index >= 15 is 0 Å². The highest BCUT2D eigenvalue weighted by Crippen LogP contribution is 2.07. The predicted octanol–water partition coefficient (Wildman–Crippen LogP) is -0.147. The molecule has 0 bridgehead atoms. The van der Waals surface area contributed by atoms with Gasteiger partial charge in [0.2, 0.25) is 0 Å². The first-order chi connectivity index (χ1) is 6.22. The Hall–Kier alpha value is -0.705. The van der Waals surface area contributed by atoms with Crippen LogP contribution in [0.1, 0.15) is 19.8 Å². The third-order valence-electron chi connectivity index (χ3n) is 2.20. The minimum Gasteiger partial charge on any atom is -0.353 e. The van der Waals surface area contributed by atoms with Crippen molar-refractivity contribution in [2.45, 2.75) is 25.8 Å². The Kier molecular flexibility index (Phi) is 4.08. The highest BCUT2D eigenvalue weighted by molar-refractivity contribution is 6.04. The van der Waals surface area contributed by atoms with Gasteiger partial charge in [0.15, 0.2) is 7.98 Å². The van der Waals surface area contributed by atoms with Crippen molar-refractivity contribution in [3.8, 4) is 0 Å². The van der Waals surface area contributed by atoms with Gasteiger partial charge >= 0.3 is 6.03 Å². The molecule has 0 unspecified atom stereocenters. The van der Waals surface area contributed by atoms with Gasteiger partial charge in [0.05, 0.1) is 0 Å². The van der Waals surface area contributed by atoms with Gasteiger partial charge in [-0.05, 0) is 32.9 Å². The van der Waals surface area contributed by atoms with Crippen molar-refractivity contribution in [1.29, 1.82) is 0 Å². The van der Waals surface area contributed by atoms with E-state index in [9.17, 15) is 4.79 Å². The highest BCUT2D eigenvalue weighted by atomic mass is 16.2. The lowest BCUT2D eigenvalue weighted by molar-refractivity contribution is 0.228. The van der Waals surface area contributed by atoms with Crippen LogP contribution >= 0.6 is 0 Å². The second-order valence-corrected chi connectivity index (χ2v) is 3.31. The molecule has 72 valence electrons. The molecule has 0 aromatic heterocycles. The number of nitrogens with zero attached hydrogens (tertiary/aromatic N) is 1. The maximum absolute atomic E-state index is 11.1. The molecule has 1 fully saturated rings. The summed E-state index contributed by atoms with van der Waals surface area (Å²) in [7, 11) is 5.59. The van der Waals surface area contributed by atoms with Crippen LogP contribution in [0.5, 0.6) is 0 Å². The lowest BCUT2D eigenvalue weighted by Gasteiger charge is -2.29. The van der Waals surface area contributed by atoms with Crippen LogP contribution in [-0.4, -0.2) is 44.5 Å². The number of urea groups is 1. The Balaban J connectivity index is 2.18. The lowest BCUT2D eigenvalue weighted by Crippen LogP contribution is -2.47. The maximum Gasteiger partial charge on any atom is 0.314 e. The molecule has 1 rings (SSSR count). The molecule has 0 aromatic rings. The van der Waals surface area contributed by atoms with Gasteiger partial charge in [0.25, 0.3) is 0 Å². The van der Waals surface area contributed by atoms with Gasteiger partial charge in [0, 0.05) is 12.6 Å². The SMILES string of the molecule is [B]N1CCC(NC(=O)NCC)CC1. The fourth-order valence-corrected chi connectivity index (χ4v) is 1.44. The normalized spacial score (nSPS) is 19.8. The van der Waals surface area contributed by atoms with Crippen molar-refractivity contribution in [1.82, 2.24) is 15.4 Å². The van der Waals surface area contributed by atoms with E-state index in [0.29, 0.717) is 6.54 Å². The summed E-state index contributed by atoms with van der Waals surface area (Å²) in [6.07, 6.45) is 1.88. The first-order valence-corrected chi connectivity index (χ1v) is 4.76. The van der Waals surface area contributed by atoms with E-state index in [4.69, 9.17) is 7.98 Å². The van der Waals surface area contributed by atoms with E-state index in [-0.39, 0.29) is 12.1 Å². The summed E-state index contributed by atoms with van der Waals surface area (Å²) in [6, 6.07) is 0.212. The highest BCUT2D eigenvalue weighted by Gasteiger charge is 2.17. The molecule has 0 aromatic carbocycles. The smallest absolute Gasteiger partial charge is 0.314 e. The standard InChI is InChI=1S/C8H16BN3O/c1-2-10-8(13)11-7-3-5-12(9)6-4-7/h7H,2-6H2,1H3,(H2,10,11,13). The van der Waals surface area contributed by atoms with Gasteiger partial charge in [-0.3, -0.25) is 0 Å². The largest absolute Gasteiger partial charge is 0.353 e. The van der Waals surface area contributed by atoms with Crippen molar-refractivity contribution in [3.05, 3.63) is 0 Å². The average molecular weight is 181 g/mol. The van der Waals surface area contributed by atoms with E-state index in [1.165, 1.54) is 0 Å². The Labute approximate surface area is 80.5 Å². The molecule has 4 nitrogen and oxygen atoms in total. The van der Waals surface area contributed by atoms with Gasteiger partial charge in [0.1, 0.15) is 0 Å². The van der Waals surface area contributed by atoms with Crippen molar-refractivity contribution < 1.29 is 4.79 Å². The molecule has 0 atom stereocenters. The van der Waals surface area contributed by atoms with Crippen molar-refractivity contribution in [3.63, 3.8) is 0 Å². The fourth-order valence-electron chi connectivity index (χ4n) is 1.44. The summed E-state index contributed by atoms with van der Waals surface area (Å²) in [4.78, 5) is 12.9. The molecule has 1 saturated heterocycles. The Morgan fingerprint density at radius 1 is 1.54 bits per heavy atom. The molecular weight excluding hydrogens is 165 g/mol. The molecule has 1 aliphatic heterocycles. The second kappa shape index (κ2) is 5.12. The monoisotopic (exact) mass is 181 g/mol. The van der Waals surface area contributed by atoms with Gasteiger partial charge < -0.3 is 15.4 Å². The van der Waals surface area contributed by atoms with Gasteiger partial charge in [-0.2, -0.15) is 0 Å². The van der Waals surface area contributed by atoms with E-state index in [1.54, 1.807) is 4.81 Å². The topological polar surface area (TPSA) is 44.4 Å². The lowest BCUT2D eigenvalue weighted by atomic mass is 10.0. The number of hydrogen-bond donors (Lipinski definition) is 2. The van der Waals surface area contributed by atoms with Crippen LogP contribution in [0.2, 0.25) is 0 Å². The molecule has 2 N–H and O–H groups in total. The zero-order chi connectivity index (χ0) is 9.68. The molecule has 0 spiro atoms. The number of hydrogen-bond acceptors (Lipinski definition) is 2. The molecule has 5 heteroatoms. The van der Waals surface area contributed by atoms with E-state index in [0.717, 1.165) is 25.9 Å². The molecule has 1 heterocycles. The zero-order valence-electron chi connectivity index (χ0n) is 8.05. The summed E-state index contributed by atoms with van der Waals surface area (Å²) in [5.74, 6) is 0. The third-order valence-corrected chi connectivity index (χ3v) is 2.20. The van der Waals surface area contributed by atoms with Crippen molar-refractivity contribution in [2.75, 3.05) is 19.6 Å². The van der Waals surface area contributed by atoms with E-state index in [2.05, 4.69) is 10.6 Å². The summed E-state index contributed by atoms with van der Waals surface area (Å²) in [5, 5.41) is 5.62. The van der Waals surface area contributed by atoms with Crippen LogP contribution in [0.4, 0.5) is 4.79 Å². The molecular formula is C8H16BN3O. The Bertz CT molecular complexity index is 169. The molecule has 13 heavy (non-hydrogen) atoms. The first-order valence-electron chi connectivity index (χ1n) is 4.76. The maximum atomic E-state index is 11.1.